The van der Waals surface area contributed by atoms with Crippen LogP contribution in [-0.4, -0.2) is 34.8 Å². The topological polar surface area (TPSA) is 54.5 Å². The van der Waals surface area contributed by atoms with Crippen molar-refractivity contribution in [3.63, 3.8) is 0 Å². The van der Waals surface area contributed by atoms with Gasteiger partial charge in [0.2, 0.25) is 0 Å². The number of carbonyl (C=O) groups is 3. The lowest BCUT2D eigenvalue weighted by atomic mass is 9.83. The van der Waals surface area contributed by atoms with Gasteiger partial charge in [-0.3, -0.25) is 14.4 Å². The molecular formula is C27H31NO3S. The number of hydrogen-bond donors (Lipinski definition) is 0. The number of amides is 1. The summed E-state index contributed by atoms with van der Waals surface area (Å²) in [6.45, 7) is 7.49. The molecule has 0 aromatic heterocycles. The molecule has 1 aliphatic heterocycles. The fraction of sp³-hybridized carbons (Fsp3) is 0.444. The lowest BCUT2D eigenvalue weighted by Crippen LogP contribution is -2.37. The average Bonchev–Trinajstić information content (AvgIpc) is 3.02. The summed E-state index contributed by atoms with van der Waals surface area (Å²) in [7, 11) is 0. The Morgan fingerprint density at radius 2 is 1.62 bits per heavy atom. The highest BCUT2D eigenvalue weighted by atomic mass is 32.2. The van der Waals surface area contributed by atoms with Crippen LogP contribution in [0.2, 0.25) is 0 Å². The molecule has 2 aliphatic rings. The molecule has 2 aromatic rings. The highest BCUT2D eigenvalue weighted by Crippen LogP contribution is 2.40. The zero-order chi connectivity index (χ0) is 22.8. The Kier molecular flexibility index (Phi) is 6.85. The van der Waals surface area contributed by atoms with Crippen molar-refractivity contribution < 1.29 is 14.4 Å². The molecule has 5 heteroatoms. The number of aryl methyl sites for hydroxylation is 3. The van der Waals surface area contributed by atoms with Gasteiger partial charge < -0.3 is 4.90 Å². The van der Waals surface area contributed by atoms with Crippen molar-refractivity contribution in [2.75, 3.05) is 13.1 Å². The van der Waals surface area contributed by atoms with Crippen LogP contribution in [0.4, 0.5) is 4.79 Å². The second kappa shape index (κ2) is 9.62. The van der Waals surface area contributed by atoms with Crippen LogP contribution in [0.25, 0.3) is 0 Å². The highest BCUT2D eigenvalue weighted by molar-refractivity contribution is 8.13. The first-order valence-corrected chi connectivity index (χ1v) is 12.3. The van der Waals surface area contributed by atoms with Crippen LogP contribution in [-0.2, 0) is 9.59 Å². The molecule has 1 amide bonds. The van der Waals surface area contributed by atoms with Gasteiger partial charge in [-0.05, 0) is 86.5 Å². The maximum atomic E-state index is 13.3. The minimum atomic E-state index is -0.593. The average molecular weight is 450 g/mol. The third kappa shape index (κ3) is 4.83. The van der Waals surface area contributed by atoms with E-state index in [1.807, 2.05) is 56.0 Å². The van der Waals surface area contributed by atoms with Crippen molar-refractivity contribution in [1.29, 1.82) is 0 Å². The van der Waals surface area contributed by atoms with Gasteiger partial charge in [0.1, 0.15) is 11.7 Å². The molecule has 1 aliphatic carbocycles. The van der Waals surface area contributed by atoms with Gasteiger partial charge >= 0.3 is 0 Å². The molecule has 2 atom stereocenters. The fourth-order valence-electron chi connectivity index (χ4n) is 5.41. The lowest BCUT2D eigenvalue weighted by Gasteiger charge is -2.32. The van der Waals surface area contributed by atoms with Gasteiger partial charge in [0.05, 0.1) is 0 Å². The Labute approximate surface area is 194 Å². The standard InChI is InChI=1S/C27H31NO3S/c1-17-13-18(2)24(19(3)14-17)25-23(29)16-21(26(25)30)15-20-9-11-28(12-10-20)27(31)32-22-7-5-4-6-8-22/h4-8,13-14,20-21,25H,9-12,15-16H2,1-3H3. The summed E-state index contributed by atoms with van der Waals surface area (Å²) in [6, 6.07) is 13.9. The summed E-state index contributed by atoms with van der Waals surface area (Å²) in [5.74, 6) is -0.213. The van der Waals surface area contributed by atoms with Crippen LogP contribution in [0.1, 0.15) is 53.9 Å². The van der Waals surface area contributed by atoms with Gasteiger partial charge in [0, 0.05) is 30.3 Å². The lowest BCUT2D eigenvalue weighted by molar-refractivity contribution is -0.125. The Morgan fingerprint density at radius 1 is 1.00 bits per heavy atom. The smallest absolute Gasteiger partial charge is 0.286 e. The maximum Gasteiger partial charge on any atom is 0.286 e. The van der Waals surface area contributed by atoms with Crippen LogP contribution in [0.15, 0.2) is 47.4 Å². The molecule has 4 nitrogen and oxygen atoms in total. The molecule has 1 saturated carbocycles. The van der Waals surface area contributed by atoms with Crippen molar-refractivity contribution in [2.24, 2.45) is 11.8 Å². The molecular weight excluding hydrogens is 418 g/mol. The van der Waals surface area contributed by atoms with Crippen molar-refractivity contribution in [1.82, 2.24) is 4.90 Å². The largest absolute Gasteiger partial charge is 0.333 e. The molecule has 0 radical (unpaired) electrons. The van der Waals surface area contributed by atoms with Gasteiger partial charge in [-0.25, -0.2) is 0 Å². The van der Waals surface area contributed by atoms with Crippen LogP contribution >= 0.6 is 11.8 Å². The number of carbonyl (C=O) groups excluding carboxylic acids is 3. The van der Waals surface area contributed by atoms with Gasteiger partial charge in [-0.15, -0.1) is 0 Å². The number of Topliss-reactive ketones (excluding diaryl/α,β-unsaturated/α-hetero) is 2. The molecule has 0 N–H and O–H groups in total. The normalized spacial score (nSPS) is 21.9. The predicted octanol–water partition coefficient (Wildman–Crippen LogP) is 5.87. The van der Waals surface area contributed by atoms with E-state index in [9.17, 15) is 14.4 Å². The summed E-state index contributed by atoms with van der Waals surface area (Å²) in [5.41, 5.74) is 4.16. The third-order valence-electron chi connectivity index (χ3n) is 6.92. The maximum absolute atomic E-state index is 13.3. The molecule has 168 valence electrons. The van der Waals surface area contributed by atoms with Crippen LogP contribution < -0.4 is 0 Å². The van der Waals surface area contributed by atoms with Crippen LogP contribution in [0.3, 0.4) is 0 Å². The number of ketones is 2. The van der Waals surface area contributed by atoms with Crippen molar-refractivity contribution in [3.8, 4) is 0 Å². The van der Waals surface area contributed by atoms with Crippen molar-refractivity contribution in [2.45, 2.75) is 57.3 Å². The summed E-state index contributed by atoms with van der Waals surface area (Å²) in [6.07, 6.45) is 2.91. The van der Waals surface area contributed by atoms with Crippen LogP contribution in [0.5, 0.6) is 0 Å². The van der Waals surface area contributed by atoms with E-state index in [2.05, 4.69) is 12.1 Å². The summed E-state index contributed by atoms with van der Waals surface area (Å²) in [5, 5.41) is 0.0900. The number of rotatable bonds is 4. The minimum absolute atomic E-state index is 0.0712. The van der Waals surface area contributed by atoms with E-state index in [0.717, 1.165) is 59.5 Å². The summed E-state index contributed by atoms with van der Waals surface area (Å²) >= 11 is 1.27. The monoisotopic (exact) mass is 449 g/mol. The summed E-state index contributed by atoms with van der Waals surface area (Å²) < 4.78 is 0. The van der Waals surface area contributed by atoms with E-state index < -0.39 is 5.92 Å². The van der Waals surface area contributed by atoms with E-state index in [0.29, 0.717) is 12.3 Å². The van der Waals surface area contributed by atoms with Gasteiger partial charge in [-0.1, -0.05) is 35.9 Å². The molecule has 1 heterocycles. The van der Waals surface area contributed by atoms with Crippen molar-refractivity contribution >= 4 is 28.6 Å². The molecule has 2 fully saturated rings. The van der Waals surface area contributed by atoms with Gasteiger partial charge in [0.25, 0.3) is 5.24 Å². The third-order valence-corrected chi connectivity index (χ3v) is 7.86. The second-order valence-corrected chi connectivity index (χ2v) is 10.4. The van der Waals surface area contributed by atoms with E-state index in [4.69, 9.17) is 0 Å². The molecule has 32 heavy (non-hydrogen) atoms. The zero-order valence-electron chi connectivity index (χ0n) is 19.1. The van der Waals surface area contributed by atoms with E-state index in [-0.39, 0.29) is 22.7 Å². The first-order chi connectivity index (χ1) is 15.3. The SMILES string of the molecule is Cc1cc(C)c(C2C(=O)CC(CC3CCN(C(=O)Sc4ccccc4)CC3)C2=O)c(C)c1. The van der Waals surface area contributed by atoms with Gasteiger partial charge in [0.15, 0.2) is 5.78 Å². The number of benzene rings is 2. The first-order valence-electron chi connectivity index (χ1n) is 11.5. The minimum Gasteiger partial charge on any atom is -0.333 e. The zero-order valence-corrected chi connectivity index (χ0v) is 19.9. The molecule has 0 bridgehead atoms. The van der Waals surface area contributed by atoms with E-state index in [1.165, 1.54) is 11.8 Å². The van der Waals surface area contributed by atoms with Crippen LogP contribution in [0, 0.1) is 32.6 Å². The Morgan fingerprint density at radius 3 is 2.25 bits per heavy atom. The molecule has 4 rings (SSSR count). The second-order valence-electron chi connectivity index (χ2n) is 9.36. The molecule has 2 aromatic carbocycles. The number of nitrogens with zero attached hydrogens (tertiary/aromatic N) is 1. The number of likely N-dealkylation sites (tertiary alicyclic amines) is 1. The highest BCUT2D eigenvalue weighted by Gasteiger charge is 2.44. The Hall–Kier alpha value is -2.40. The number of thioether (sulfide) groups is 1. The molecule has 2 unspecified atom stereocenters. The quantitative estimate of drug-likeness (QED) is 0.433. The van der Waals surface area contributed by atoms with Gasteiger partial charge in [-0.2, -0.15) is 0 Å². The Bertz CT molecular complexity index is 1000. The fourth-order valence-corrected chi connectivity index (χ4v) is 6.22. The first kappa shape index (κ1) is 22.8. The molecule has 0 spiro atoms. The van der Waals surface area contributed by atoms with E-state index in [1.54, 1.807) is 0 Å². The number of hydrogen-bond acceptors (Lipinski definition) is 4. The molecule has 1 saturated heterocycles. The van der Waals surface area contributed by atoms with E-state index >= 15 is 0 Å². The summed E-state index contributed by atoms with van der Waals surface area (Å²) in [4.78, 5) is 41.6. The van der Waals surface area contributed by atoms with Crippen molar-refractivity contribution in [3.05, 3.63) is 64.7 Å². The predicted molar refractivity (Wildman–Crippen MR) is 128 cm³/mol. The number of piperidine rings is 1. The Balaban J connectivity index is 1.34.